The van der Waals surface area contributed by atoms with E-state index in [0.717, 1.165) is 0 Å². The molecule has 1 atom stereocenters. The molecule has 3 N–H and O–H groups in total. The molecule has 0 aromatic carbocycles. The lowest BCUT2D eigenvalue weighted by Crippen LogP contribution is -2.25. The fourth-order valence-corrected chi connectivity index (χ4v) is 0.494. The standard InChI is InChI=1S/C5H11NO3/c1-9-4(2-3-6)5(7)8/h4H,2-3,6H2,1H3,(H,7,8)/t4-/m0/s1. The first-order chi connectivity index (χ1) is 4.22. The van der Waals surface area contributed by atoms with Crippen LogP contribution in [0.2, 0.25) is 0 Å². The van der Waals surface area contributed by atoms with Crippen LogP contribution in [-0.4, -0.2) is 30.8 Å². The number of methoxy groups -OCH3 is 1. The van der Waals surface area contributed by atoms with Gasteiger partial charge in [-0.05, 0) is 13.0 Å². The van der Waals surface area contributed by atoms with Crippen LogP contribution in [0.15, 0.2) is 0 Å². The molecule has 0 radical (unpaired) electrons. The summed E-state index contributed by atoms with van der Waals surface area (Å²) in [5.41, 5.74) is 5.10. The Balaban J connectivity index is 3.54. The molecule has 0 aliphatic heterocycles. The van der Waals surface area contributed by atoms with Crippen molar-refractivity contribution >= 4 is 5.97 Å². The zero-order valence-corrected chi connectivity index (χ0v) is 5.33. The Bertz CT molecular complexity index is 94.2. The van der Waals surface area contributed by atoms with Crippen LogP contribution >= 0.6 is 0 Å². The highest BCUT2D eigenvalue weighted by Gasteiger charge is 2.13. The van der Waals surface area contributed by atoms with E-state index < -0.39 is 12.1 Å². The molecule has 0 amide bonds. The van der Waals surface area contributed by atoms with Crippen molar-refractivity contribution in [3.63, 3.8) is 0 Å². The molecule has 0 fully saturated rings. The van der Waals surface area contributed by atoms with Gasteiger partial charge in [0.1, 0.15) is 0 Å². The first-order valence-corrected chi connectivity index (χ1v) is 2.68. The molecule has 0 spiro atoms. The fraction of sp³-hybridized carbons (Fsp3) is 0.800. The first-order valence-electron chi connectivity index (χ1n) is 2.68. The summed E-state index contributed by atoms with van der Waals surface area (Å²) in [6, 6.07) is 0. The van der Waals surface area contributed by atoms with Crippen molar-refractivity contribution < 1.29 is 14.6 Å². The predicted octanol–water partition coefficient (Wildman–Crippen LogP) is -0.565. The Hall–Kier alpha value is -0.610. The van der Waals surface area contributed by atoms with Gasteiger partial charge in [-0.3, -0.25) is 0 Å². The second-order valence-electron chi connectivity index (χ2n) is 1.64. The van der Waals surface area contributed by atoms with Gasteiger partial charge in [-0.15, -0.1) is 0 Å². The predicted molar refractivity (Wildman–Crippen MR) is 32.1 cm³/mol. The highest BCUT2D eigenvalue weighted by molar-refractivity contribution is 5.72. The second-order valence-corrected chi connectivity index (χ2v) is 1.64. The largest absolute Gasteiger partial charge is 0.479 e. The molecule has 54 valence electrons. The van der Waals surface area contributed by atoms with Gasteiger partial charge in [0.15, 0.2) is 6.10 Å². The summed E-state index contributed by atoms with van der Waals surface area (Å²) in [4.78, 5) is 10.1. The lowest BCUT2D eigenvalue weighted by Gasteiger charge is -2.06. The molecule has 0 aromatic heterocycles. The van der Waals surface area contributed by atoms with Crippen molar-refractivity contribution in [2.75, 3.05) is 13.7 Å². The minimum atomic E-state index is -0.956. The van der Waals surface area contributed by atoms with Gasteiger partial charge < -0.3 is 15.6 Å². The lowest BCUT2D eigenvalue weighted by molar-refractivity contribution is -0.148. The third-order valence-corrected chi connectivity index (χ3v) is 0.989. The lowest BCUT2D eigenvalue weighted by atomic mass is 10.2. The first kappa shape index (κ1) is 8.39. The number of rotatable bonds is 4. The highest BCUT2D eigenvalue weighted by Crippen LogP contribution is 1.93. The average Bonchev–Trinajstić information content (AvgIpc) is 1.82. The van der Waals surface area contributed by atoms with Crippen LogP contribution in [0.25, 0.3) is 0 Å². The Morgan fingerprint density at radius 2 is 2.44 bits per heavy atom. The zero-order chi connectivity index (χ0) is 7.28. The normalized spacial score (nSPS) is 13.1. The quantitative estimate of drug-likeness (QED) is 0.539. The van der Waals surface area contributed by atoms with Gasteiger partial charge in [0.05, 0.1) is 0 Å². The zero-order valence-electron chi connectivity index (χ0n) is 5.33. The van der Waals surface area contributed by atoms with Crippen molar-refractivity contribution in [1.29, 1.82) is 0 Å². The topological polar surface area (TPSA) is 72.5 Å². The number of ether oxygens (including phenoxy) is 1. The summed E-state index contributed by atoms with van der Waals surface area (Å²) in [5.74, 6) is -0.956. The highest BCUT2D eigenvalue weighted by atomic mass is 16.5. The van der Waals surface area contributed by atoms with E-state index >= 15 is 0 Å². The number of hydrogen-bond acceptors (Lipinski definition) is 3. The molecule has 4 heteroatoms. The van der Waals surface area contributed by atoms with Gasteiger partial charge in [-0.2, -0.15) is 0 Å². The Morgan fingerprint density at radius 3 is 2.56 bits per heavy atom. The monoisotopic (exact) mass is 133 g/mol. The van der Waals surface area contributed by atoms with Gasteiger partial charge in [0, 0.05) is 7.11 Å². The molecule has 0 aromatic rings. The van der Waals surface area contributed by atoms with Crippen LogP contribution in [-0.2, 0) is 9.53 Å². The van der Waals surface area contributed by atoms with E-state index in [0.29, 0.717) is 13.0 Å². The molecule has 0 rings (SSSR count). The van der Waals surface area contributed by atoms with Crippen molar-refractivity contribution in [3.8, 4) is 0 Å². The summed E-state index contributed by atoms with van der Waals surface area (Å²) in [5, 5.41) is 8.32. The van der Waals surface area contributed by atoms with E-state index in [1.54, 1.807) is 0 Å². The smallest absolute Gasteiger partial charge is 0.332 e. The number of nitrogens with two attached hydrogens (primary N) is 1. The van der Waals surface area contributed by atoms with Crippen molar-refractivity contribution in [3.05, 3.63) is 0 Å². The maximum atomic E-state index is 10.1. The maximum absolute atomic E-state index is 10.1. The summed E-state index contributed by atoms with van der Waals surface area (Å²) >= 11 is 0. The number of carboxylic acid groups (broad SMARTS) is 1. The van der Waals surface area contributed by atoms with Crippen LogP contribution < -0.4 is 5.73 Å². The molecule has 0 aliphatic rings. The van der Waals surface area contributed by atoms with Gasteiger partial charge in [0.25, 0.3) is 0 Å². The summed E-state index contributed by atoms with van der Waals surface area (Å²) in [6.07, 6.45) is -0.374. The van der Waals surface area contributed by atoms with Crippen LogP contribution in [0.1, 0.15) is 6.42 Å². The second kappa shape index (κ2) is 4.29. The Kier molecular flexibility index (Phi) is 4.00. The molecule has 4 nitrogen and oxygen atoms in total. The summed E-state index contributed by atoms with van der Waals surface area (Å²) < 4.78 is 4.57. The van der Waals surface area contributed by atoms with Gasteiger partial charge in [-0.1, -0.05) is 0 Å². The van der Waals surface area contributed by atoms with Gasteiger partial charge >= 0.3 is 5.97 Å². The molecule has 0 heterocycles. The molecule has 0 saturated carbocycles. The van der Waals surface area contributed by atoms with E-state index in [2.05, 4.69) is 4.74 Å². The third-order valence-electron chi connectivity index (χ3n) is 0.989. The van der Waals surface area contributed by atoms with Crippen LogP contribution in [0.3, 0.4) is 0 Å². The van der Waals surface area contributed by atoms with Crippen LogP contribution in [0, 0.1) is 0 Å². The third kappa shape index (κ3) is 3.05. The van der Waals surface area contributed by atoms with E-state index in [-0.39, 0.29) is 0 Å². The fourth-order valence-electron chi connectivity index (χ4n) is 0.494. The van der Waals surface area contributed by atoms with E-state index in [1.165, 1.54) is 7.11 Å². The van der Waals surface area contributed by atoms with Crippen LogP contribution in [0.5, 0.6) is 0 Å². The Labute approximate surface area is 53.6 Å². The van der Waals surface area contributed by atoms with Crippen molar-refractivity contribution in [2.45, 2.75) is 12.5 Å². The molecule has 9 heavy (non-hydrogen) atoms. The van der Waals surface area contributed by atoms with Crippen molar-refractivity contribution in [1.82, 2.24) is 0 Å². The summed E-state index contributed by atoms with van der Waals surface area (Å²) in [6.45, 7) is 0.338. The van der Waals surface area contributed by atoms with Gasteiger partial charge in [-0.25, -0.2) is 4.79 Å². The molecular weight excluding hydrogens is 122 g/mol. The number of carboxylic acids is 1. The molecular formula is C5H11NO3. The SMILES string of the molecule is CO[C@@H](CCN)C(=O)O. The average molecular weight is 133 g/mol. The maximum Gasteiger partial charge on any atom is 0.332 e. The molecule has 0 unspecified atom stereocenters. The minimum absolute atomic E-state index is 0.338. The Morgan fingerprint density at radius 1 is 1.89 bits per heavy atom. The number of carbonyl (C=O) groups is 1. The number of hydrogen-bond donors (Lipinski definition) is 2. The molecule has 0 aliphatic carbocycles. The van der Waals surface area contributed by atoms with Gasteiger partial charge in [0.2, 0.25) is 0 Å². The van der Waals surface area contributed by atoms with Crippen molar-refractivity contribution in [2.24, 2.45) is 5.73 Å². The number of aliphatic carboxylic acids is 1. The van der Waals surface area contributed by atoms with E-state index in [1.807, 2.05) is 0 Å². The van der Waals surface area contributed by atoms with E-state index in [9.17, 15) is 4.79 Å². The molecule has 0 saturated heterocycles. The molecule has 0 bridgehead atoms. The summed E-state index contributed by atoms with van der Waals surface area (Å²) in [7, 11) is 1.36. The minimum Gasteiger partial charge on any atom is -0.479 e. The van der Waals surface area contributed by atoms with E-state index in [4.69, 9.17) is 10.8 Å². The van der Waals surface area contributed by atoms with Crippen LogP contribution in [0.4, 0.5) is 0 Å².